The van der Waals surface area contributed by atoms with E-state index in [1.54, 1.807) is 0 Å². The van der Waals surface area contributed by atoms with E-state index in [9.17, 15) is 0 Å². The van der Waals surface area contributed by atoms with E-state index in [-0.39, 0.29) is 0 Å². The van der Waals surface area contributed by atoms with Gasteiger partial charge < -0.3 is 5.32 Å². The number of nitrogens with one attached hydrogen (secondary N) is 1. The molecule has 1 saturated carbocycles. The molecule has 1 aromatic heterocycles. The molecular weight excluding hydrogens is 186 g/mol. The standard InChI is InChI=1S/C12H19N3/c1-15-11(4-7-14-15)10-8-13-9-12(10)5-2-3-6-12/h4,7,10,13H,2-3,5-6,8-9H2,1H3/t10-/m0/s1. The first kappa shape index (κ1) is 9.40. The Morgan fingerprint density at radius 2 is 2.27 bits per heavy atom. The fraction of sp³-hybridized carbons (Fsp3) is 0.750. The summed E-state index contributed by atoms with van der Waals surface area (Å²) in [6, 6.07) is 2.19. The Balaban J connectivity index is 1.95. The third-order valence-corrected chi connectivity index (χ3v) is 4.38. The summed E-state index contributed by atoms with van der Waals surface area (Å²) in [7, 11) is 2.07. The van der Waals surface area contributed by atoms with Crippen LogP contribution in [0.2, 0.25) is 0 Å². The fourth-order valence-electron chi connectivity index (χ4n) is 3.55. The SMILES string of the molecule is Cn1nccc1[C@@H]1CNCC12CCCC2. The quantitative estimate of drug-likeness (QED) is 0.755. The molecule has 0 aromatic carbocycles. The van der Waals surface area contributed by atoms with E-state index >= 15 is 0 Å². The average molecular weight is 205 g/mol. The number of hydrogen-bond donors (Lipinski definition) is 1. The topological polar surface area (TPSA) is 29.9 Å². The van der Waals surface area contributed by atoms with Crippen molar-refractivity contribution in [3.63, 3.8) is 0 Å². The Kier molecular flexibility index (Phi) is 2.09. The minimum atomic E-state index is 0.549. The van der Waals surface area contributed by atoms with Crippen LogP contribution >= 0.6 is 0 Å². The van der Waals surface area contributed by atoms with E-state index in [0.29, 0.717) is 11.3 Å². The Labute approximate surface area is 90.9 Å². The zero-order chi connectivity index (χ0) is 10.3. The van der Waals surface area contributed by atoms with Crippen molar-refractivity contribution in [2.45, 2.75) is 31.6 Å². The van der Waals surface area contributed by atoms with Gasteiger partial charge in [0.25, 0.3) is 0 Å². The number of aromatic nitrogens is 2. The molecule has 1 aliphatic heterocycles. The molecule has 2 aliphatic rings. The van der Waals surface area contributed by atoms with Gasteiger partial charge >= 0.3 is 0 Å². The van der Waals surface area contributed by atoms with Gasteiger partial charge in [0.15, 0.2) is 0 Å². The molecule has 0 bridgehead atoms. The molecule has 3 nitrogen and oxygen atoms in total. The Hall–Kier alpha value is -0.830. The predicted molar refractivity (Wildman–Crippen MR) is 59.7 cm³/mol. The van der Waals surface area contributed by atoms with Gasteiger partial charge in [0.2, 0.25) is 0 Å². The van der Waals surface area contributed by atoms with Crippen LogP contribution in [0.5, 0.6) is 0 Å². The maximum atomic E-state index is 4.30. The highest BCUT2D eigenvalue weighted by Gasteiger charge is 2.46. The lowest BCUT2D eigenvalue weighted by Gasteiger charge is -2.29. The molecule has 3 heteroatoms. The summed E-state index contributed by atoms with van der Waals surface area (Å²) in [6.07, 6.45) is 7.55. The zero-order valence-electron chi connectivity index (χ0n) is 9.37. The van der Waals surface area contributed by atoms with Crippen molar-refractivity contribution in [1.29, 1.82) is 0 Å². The average Bonchev–Trinajstić information content (AvgIpc) is 2.90. The second-order valence-electron chi connectivity index (χ2n) is 5.13. The summed E-state index contributed by atoms with van der Waals surface area (Å²) in [5.41, 5.74) is 1.97. The summed E-state index contributed by atoms with van der Waals surface area (Å²) in [6.45, 7) is 2.35. The lowest BCUT2D eigenvalue weighted by Crippen LogP contribution is -2.26. The first-order valence-electron chi connectivity index (χ1n) is 6.00. The van der Waals surface area contributed by atoms with Gasteiger partial charge in [0.05, 0.1) is 0 Å². The lowest BCUT2D eigenvalue weighted by atomic mass is 9.75. The molecule has 1 atom stereocenters. The maximum absolute atomic E-state index is 4.30. The minimum Gasteiger partial charge on any atom is -0.315 e. The second-order valence-corrected chi connectivity index (χ2v) is 5.13. The van der Waals surface area contributed by atoms with Gasteiger partial charge in [-0.2, -0.15) is 5.10 Å². The summed E-state index contributed by atoms with van der Waals surface area (Å²) in [5, 5.41) is 7.88. The third kappa shape index (κ3) is 1.33. The molecule has 0 amide bonds. The molecular formula is C12H19N3. The van der Waals surface area contributed by atoms with E-state index in [1.165, 1.54) is 37.9 Å². The van der Waals surface area contributed by atoms with Crippen LogP contribution in [0.3, 0.4) is 0 Å². The molecule has 82 valence electrons. The Bertz CT molecular complexity index is 344. The van der Waals surface area contributed by atoms with Gasteiger partial charge in [0.1, 0.15) is 0 Å². The van der Waals surface area contributed by atoms with Crippen molar-refractivity contribution in [2.24, 2.45) is 12.5 Å². The van der Waals surface area contributed by atoms with Gasteiger partial charge in [-0.15, -0.1) is 0 Å². The number of nitrogens with zero attached hydrogens (tertiary/aromatic N) is 2. The largest absolute Gasteiger partial charge is 0.315 e. The summed E-state index contributed by atoms with van der Waals surface area (Å²) >= 11 is 0. The van der Waals surface area contributed by atoms with Gasteiger partial charge in [0, 0.05) is 37.9 Å². The summed E-state index contributed by atoms with van der Waals surface area (Å²) in [4.78, 5) is 0. The highest BCUT2D eigenvalue weighted by molar-refractivity contribution is 5.18. The normalized spacial score (nSPS) is 29.0. The van der Waals surface area contributed by atoms with Crippen molar-refractivity contribution in [3.05, 3.63) is 18.0 Å². The van der Waals surface area contributed by atoms with Crippen LogP contribution in [0.25, 0.3) is 0 Å². The summed E-state index contributed by atoms with van der Waals surface area (Å²) in [5.74, 6) is 0.688. The maximum Gasteiger partial charge on any atom is 0.0492 e. The second kappa shape index (κ2) is 3.34. The first-order chi connectivity index (χ1) is 7.32. The monoisotopic (exact) mass is 205 g/mol. The van der Waals surface area contributed by atoms with Crippen molar-refractivity contribution in [3.8, 4) is 0 Å². The molecule has 1 spiro atoms. The van der Waals surface area contributed by atoms with Crippen LogP contribution in [0, 0.1) is 5.41 Å². The molecule has 0 radical (unpaired) electrons. The van der Waals surface area contributed by atoms with E-state index < -0.39 is 0 Å². The number of hydrogen-bond acceptors (Lipinski definition) is 2. The minimum absolute atomic E-state index is 0.549. The highest BCUT2D eigenvalue weighted by atomic mass is 15.3. The smallest absolute Gasteiger partial charge is 0.0492 e. The number of aryl methyl sites for hydroxylation is 1. The van der Waals surface area contributed by atoms with E-state index in [1.807, 2.05) is 6.20 Å². The molecule has 2 fully saturated rings. The first-order valence-corrected chi connectivity index (χ1v) is 6.00. The van der Waals surface area contributed by atoms with Crippen molar-refractivity contribution < 1.29 is 0 Å². The molecule has 1 aliphatic carbocycles. The van der Waals surface area contributed by atoms with Gasteiger partial charge in [-0.3, -0.25) is 4.68 Å². The lowest BCUT2D eigenvalue weighted by molar-refractivity contribution is 0.286. The highest BCUT2D eigenvalue weighted by Crippen LogP contribution is 2.50. The third-order valence-electron chi connectivity index (χ3n) is 4.38. The van der Waals surface area contributed by atoms with Gasteiger partial charge in [-0.25, -0.2) is 0 Å². The molecule has 1 N–H and O–H groups in total. The molecule has 2 heterocycles. The molecule has 1 aromatic rings. The fourth-order valence-corrected chi connectivity index (χ4v) is 3.55. The van der Waals surface area contributed by atoms with E-state index in [4.69, 9.17) is 0 Å². The van der Waals surface area contributed by atoms with Crippen molar-refractivity contribution >= 4 is 0 Å². The Morgan fingerprint density at radius 3 is 2.93 bits per heavy atom. The Morgan fingerprint density at radius 1 is 1.47 bits per heavy atom. The van der Waals surface area contributed by atoms with E-state index in [2.05, 4.69) is 28.2 Å². The molecule has 3 rings (SSSR count). The van der Waals surface area contributed by atoms with Gasteiger partial charge in [-0.05, 0) is 24.3 Å². The predicted octanol–water partition coefficient (Wildman–Crippen LogP) is 1.67. The van der Waals surface area contributed by atoms with E-state index in [0.717, 1.165) is 6.54 Å². The van der Waals surface area contributed by atoms with Crippen LogP contribution in [-0.4, -0.2) is 22.9 Å². The molecule has 1 saturated heterocycles. The molecule has 15 heavy (non-hydrogen) atoms. The van der Waals surface area contributed by atoms with Crippen LogP contribution in [0.1, 0.15) is 37.3 Å². The summed E-state index contributed by atoms with van der Waals surface area (Å²) < 4.78 is 2.05. The van der Waals surface area contributed by atoms with Crippen LogP contribution in [0.4, 0.5) is 0 Å². The molecule has 0 unspecified atom stereocenters. The number of rotatable bonds is 1. The van der Waals surface area contributed by atoms with Crippen LogP contribution in [-0.2, 0) is 7.05 Å². The van der Waals surface area contributed by atoms with Crippen molar-refractivity contribution in [1.82, 2.24) is 15.1 Å². The zero-order valence-corrected chi connectivity index (χ0v) is 9.37. The van der Waals surface area contributed by atoms with Gasteiger partial charge in [-0.1, -0.05) is 12.8 Å². The van der Waals surface area contributed by atoms with Crippen molar-refractivity contribution in [2.75, 3.05) is 13.1 Å². The van der Waals surface area contributed by atoms with Crippen LogP contribution < -0.4 is 5.32 Å². The van der Waals surface area contributed by atoms with Crippen LogP contribution in [0.15, 0.2) is 12.3 Å².